The van der Waals surface area contributed by atoms with Gasteiger partial charge in [0.2, 0.25) is 11.5 Å². The summed E-state index contributed by atoms with van der Waals surface area (Å²) in [4.78, 5) is 0. The molecule has 0 radical (unpaired) electrons. The average Bonchev–Trinajstić information content (AvgIpc) is 2.51. The maximum absolute atomic E-state index is 9.68. The van der Waals surface area contributed by atoms with Crippen LogP contribution in [-0.4, -0.2) is 39.6 Å². The summed E-state index contributed by atoms with van der Waals surface area (Å²) in [6.45, 7) is 5.51. The number of rotatable bonds is 8. The second-order valence-corrected chi connectivity index (χ2v) is 4.58. The van der Waals surface area contributed by atoms with Gasteiger partial charge in [0.1, 0.15) is 0 Å². The summed E-state index contributed by atoms with van der Waals surface area (Å²) in [6.07, 6.45) is 2.10. The molecule has 1 unspecified atom stereocenters. The molecule has 5 nitrogen and oxygen atoms in total. The van der Waals surface area contributed by atoms with Gasteiger partial charge in [0.15, 0.2) is 11.5 Å². The largest absolute Gasteiger partial charge is 0.492 e. The van der Waals surface area contributed by atoms with Crippen molar-refractivity contribution >= 4 is 0 Å². The van der Waals surface area contributed by atoms with Crippen LogP contribution in [0.25, 0.3) is 0 Å². The van der Waals surface area contributed by atoms with Gasteiger partial charge in [-0.15, -0.1) is 6.58 Å². The first-order chi connectivity index (χ1) is 10.0. The Balaban J connectivity index is 3.43. The lowest BCUT2D eigenvalue weighted by atomic mass is 9.98. The molecule has 1 rings (SSSR count). The van der Waals surface area contributed by atoms with Crippen molar-refractivity contribution in [2.24, 2.45) is 0 Å². The minimum atomic E-state index is -0.562. The van der Waals surface area contributed by atoms with E-state index in [1.807, 2.05) is 6.92 Å². The second kappa shape index (κ2) is 7.78. The zero-order valence-corrected chi connectivity index (χ0v) is 13.4. The molecule has 1 aromatic carbocycles. The summed E-state index contributed by atoms with van der Waals surface area (Å²) in [5, 5.41) is 9.68. The molecule has 0 aromatic heterocycles. The molecular weight excluding hydrogens is 272 g/mol. The van der Waals surface area contributed by atoms with E-state index in [1.165, 1.54) is 6.08 Å². The smallest absolute Gasteiger partial charge is 0.207 e. The molecule has 21 heavy (non-hydrogen) atoms. The highest BCUT2D eigenvalue weighted by Gasteiger charge is 2.25. The van der Waals surface area contributed by atoms with Crippen LogP contribution in [0, 0.1) is 6.92 Å². The molecule has 0 saturated heterocycles. The van der Waals surface area contributed by atoms with E-state index in [4.69, 9.17) is 18.9 Å². The van der Waals surface area contributed by atoms with Crippen molar-refractivity contribution in [3.63, 3.8) is 0 Å². The molecule has 1 aromatic rings. The number of ether oxygens (including phenoxy) is 4. The molecule has 0 heterocycles. The van der Waals surface area contributed by atoms with E-state index in [-0.39, 0.29) is 0 Å². The Morgan fingerprint density at radius 3 is 1.86 bits per heavy atom. The monoisotopic (exact) mass is 296 g/mol. The maximum atomic E-state index is 9.68. The van der Waals surface area contributed by atoms with E-state index in [2.05, 4.69) is 6.58 Å². The fourth-order valence-electron chi connectivity index (χ4n) is 2.36. The summed E-state index contributed by atoms with van der Waals surface area (Å²) < 4.78 is 21.7. The normalized spacial score (nSPS) is 11.7. The first kappa shape index (κ1) is 17.2. The minimum absolute atomic E-state index is 0.491. The second-order valence-electron chi connectivity index (χ2n) is 4.58. The van der Waals surface area contributed by atoms with Gasteiger partial charge in [-0.2, -0.15) is 0 Å². The Labute approximate surface area is 126 Å². The summed E-state index contributed by atoms with van der Waals surface area (Å²) in [7, 11) is 6.27. The van der Waals surface area contributed by atoms with Crippen LogP contribution in [0.4, 0.5) is 0 Å². The minimum Gasteiger partial charge on any atom is -0.492 e. The van der Waals surface area contributed by atoms with Crippen LogP contribution in [-0.2, 0) is 6.42 Å². The van der Waals surface area contributed by atoms with Crippen molar-refractivity contribution in [3.8, 4) is 23.0 Å². The molecule has 0 spiro atoms. The van der Waals surface area contributed by atoms with Crippen LogP contribution in [0.1, 0.15) is 17.5 Å². The molecule has 118 valence electrons. The lowest BCUT2D eigenvalue weighted by Gasteiger charge is -2.21. The number of aliphatic hydroxyl groups excluding tert-OH is 1. The summed E-state index contributed by atoms with van der Waals surface area (Å²) in [5.74, 6) is 2.20. The topological polar surface area (TPSA) is 57.2 Å². The van der Waals surface area contributed by atoms with Crippen LogP contribution in [0.15, 0.2) is 12.7 Å². The van der Waals surface area contributed by atoms with Crippen LogP contribution >= 0.6 is 0 Å². The van der Waals surface area contributed by atoms with Crippen molar-refractivity contribution in [1.82, 2.24) is 0 Å². The van der Waals surface area contributed by atoms with Gasteiger partial charge in [-0.05, 0) is 19.8 Å². The highest BCUT2D eigenvalue weighted by molar-refractivity contribution is 5.66. The lowest BCUT2D eigenvalue weighted by molar-refractivity contribution is 0.212. The van der Waals surface area contributed by atoms with Gasteiger partial charge in [0.05, 0.1) is 34.5 Å². The van der Waals surface area contributed by atoms with Gasteiger partial charge >= 0.3 is 0 Å². The molecule has 0 aliphatic heterocycles. The van der Waals surface area contributed by atoms with E-state index >= 15 is 0 Å². The van der Waals surface area contributed by atoms with E-state index in [9.17, 15) is 5.11 Å². The quantitative estimate of drug-likeness (QED) is 0.747. The Hall–Kier alpha value is -1.88. The Bertz CT molecular complexity index is 496. The predicted molar refractivity (Wildman–Crippen MR) is 81.9 cm³/mol. The van der Waals surface area contributed by atoms with E-state index in [1.54, 1.807) is 28.4 Å². The van der Waals surface area contributed by atoms with Crippen molar-refractivity contribution in [2.75, 3.05) is 28.4 Å². The fourth-order valence-corrected chi connectivity index (χ4v) is 2.36. The van der Waals surface area contributed by atoms with Gasteiger partial charge in [-0.25, -0.2) is 0 Å². The number of aliphatic hydroxyl groups is 1. The molecule has 0 amide bonds. The first-order valence-electron chi connectivity index (χ1n) is 6.71. The van der Waals surface area contributed by atoms with Crippen LogP contribution < -0.4 is 18.9 Å². The lowest BCUT2D eigenvalue weighted by Crippen LogP contribution is -2.08. The zero-order chi connectivity index (χ0) is 16.0. The number of hydrogen-bond acceptors (Lipinski definition) is 5. The number of benzene rings is 1. The molecule has 0 saturated carbocycles. The molecule has 0 fully saturated rings. The van der Waals surface area contributed by atoms with Crippen molar-refractivity contribution in [1.29, 1.82) is 0 Å². The molecule has 0 aliphatic carbocycles. The Morgan fingerprint density at radius 1 is 0.952 bits per heavy atom. The molecule has 1 N–H and O–H groups in total. The molecule has 1 atom stereocenters. The van der Waals surface area contributed by atoms with E-state index in [0.717, 1.165) is 11.1 Å². The van der Waals surface area contributed by atoms with Gasteiger partial charge in [0.25, 0.3) is 0 Å². The SMILES string of the molecule is C=CC(O)CCc1c(C)c(OC)c(OC)c(OC)c1OC. The van der Waals surface area contributed by atoms with Crippen LogP contribution in [0.2, 0.25) is 0 Å². The van der Waals surface area contributed by atoms with E-state index < -0.39 is 6.10 Å². The average molecular weight is 296 g/mol. The van der Waals surface area contributed by atoms with Gasteiger partial charge in [-0.3, -0.25) is 0 Å². The van der Waals surface area contributed by atoms with Gasteiger partial charge in [-0.1, -0.05) is 6.08 Å². The summed E-state index contributed by atoms with van der Waals surface area (Å²) >= 11 is 0. The van der Waals surface area contributed by atoms with Crippen LogP contribution in [0.3, 0.4) is 0 Å². The van der Waals surface area contributed by atoms with Crippen molar-refractivity contribution < 1.29 is 24.1 Å². The summed E-state index contributed by atoms with van der Waals surface area (Å²) in [5.41, 5.74) is 1.83. The summed E-state index contributed by atoms with van der Waals surface area (Å²) in [6, 6.07) is 0. The standard InChI is InChI=1S/C16H24O5/c1-7-11(17)8-9-12-10(2)13(18-3)15(20-5)16(21-6)14(12)19-4/h7,11,17H,1,8-9H2,2-6H3. The molecule has 5 heteroatoms. The zero-order valence-electron chi connectivity index (χ0n) is 13.4. The Kier molecular flexibility index (Phi) is 6.37. The third-order valence-electron chi connectivity index (χ3n) is 3.46. The highest BCUT2D eigenvalue weighted by atomic mass is 16.5. The number of methoxy groups -OCH3 is 4. The fraction of sp³-hybridized carbons (Fsp3) is 0.500. The van der Waals surface area contributed by atoms with Crippen molar-refractivity contribution in [2.45, 2.75) is 25.9 Å². The molecular formula is C16H24O5. The van der Waals surface area contributed by atoms with Crippen molar-refractivity contribution in [3.05, 3.63) is 23.8 Å². The van der Waals surface area contributed by atoms with Gasteiger partial charge in [0, 0.05) is 11.1 Å². The maximum Gasteiger partial charge on any atom is 0.207 e. The molecule has 0 aliphatic rings. The molecule has 0 bridgehead atoms. The predicted octanol–water partition coefficient (Wildman–Crippen LogP) is 2.51. The Morgan fingerprint density at radius 2 is 1.43 bits per heavy atom. The third kappa shape index (κ3) is 3.42. The van der Waals surface area contributed by atoms with E-state index in [0.29, 0.717) is 35.8 Å². The number of hydrogen-bond donors (Lipinski definition) is 1. The highest BCUT2D eigenvalue weighted by Crippen LogP contribution is 2.49. The first-order valence-corrected chi connectivity index (χ1v) is 6.71. The third-order valence-corrected chi connectivity index (χ3v) is 3.46. The van der Waals surface area contributed by atoms with Crippen LogP contribution in [0.5, 0.6) is 23.0 Å². The van der Waals surface area contributed by atoms with Gasteiger partial charge < -0.3 is 24.1 Å².